The van der Waals surface area contributed by atoms with E-state index in [4.69, 9.17) is 5.73 Å². The SMILES string of the molecule is Cc1c(N)cccc1NC(=O)CC1CCC1. The van der Waals surface area contributed by atoms with Crippen LogP contribution in [0.15, 0.2) is 18.2 Å². The van der Waals surface area contributed by atoms with Crippen molar-refractivity contribution >= 4 is 17.3 Å². The van der Waals surface area contributed by atoms with Crippen LogP contribution in [-0.2, 0) is 4.79 Å². The lowest BCUT2D eigenvalue weighted by molar-refractivity contribution is -0.117. The summed E-state index contributed by atoms with van der Waals surface area (Å²) in [6, 6.07) is 5.60. The van der Waals surface area contributed by atoms with Gasteiger partial charge in [0.1, 0.15) is 0 Å². The summed E-state index contributed by atoms with van der Waals surface area (Å²) in [5.74, 6) is 0.708. The minimum atomic E-state index is 0.110. The highest BCUT2D eigenvalue weighted by atomic mass is 16.1. The molecule has 1 aliphatic rings. The van der Waals surface area contributed by atoms with Gasteiger partial charge in [0.05, 0.1) is 0 Å². The molecule has 0 aliphatic heterocycles. The number of carbonyl (C=O) groups excluding carboxylic acids is 1. The Kier molecular flexibility index (Phi) is 3.13. The van der Waals surface area contributed by atoms with Crippen molar-refractivity contribution in [3.63, 3.8) is 0 Å². The van der Waals surface area contributed by atoms with E-state index in [2.05, 4.69) is 5.32 Å². The van der Waals surface area contributed by atoms with Gasteiger partial charge in [-0.15, -0.1) is 0 Å². The molecule has 16 heavy (non-hydrogen) atoms. The van der Waals surface area contributed by atoms with Gasteiger partial charge < -0.3 is 11.1 Å². The van der Waals surface area contributed by atoms with E-state index in [-0.39, 0.29) is 5.91 Å². The Morgan fingerprint density at radius 1 is 1.50 bits per heavy atom. The van der Waals surface area contributed by atoms with E-state index in [1.54, 1.807) is 0 Å². The first-order chi connectivity index (χ1) is 7.66. The van der Waals surface area contributed by atoms with Crippen LogP contribution in [-0.4, -0.2) is 5.91 Å². The normalized spacial score (nSPS) is 15.6. The quantitative estimate of drug-likeness (QED) is 0.766. The van der Waals surface area contributed by atoms with E-state index < -0.39 is 0 Å². The Bertz CT molecular complexity index is 397. The highest BCUT2D eigenvalue weighted by molar-refractivity contribution is 5.92. The lowest BCUT2D eigenvalue weighted by Crippen LogP contribution is -2.21. The van der Waals surface area contributed by atoms with Crippen LogP contribution < -0.4 is 11.1 Å². The molecule has 3 heteroatoms. The number of hydrogen-bond donors (Lipinski definition) is 2. The van der Waals surface area contributed by atoms with Crippen LogP contribution in [0, 0.1) is 12.8 Å². The van der Waals surface area contributed by atoms with E-state index in [9.17, 15) is 4.79 Å². The second-order valence-electron chi connectivity index (χ2n) is 4.57. The molecule has 1 aromatic rings. The number of amides is 1. The fourth-order valence-corrected chi connectivity index (χ4v) is 1.95. The molecule has 0 atom stereocenters. The predicted octanol–water partition coefficient (Wildman–Crippen LogP) is 2.71. The topological polar surface area (TPSA) is 55.1 Å². The number of benzene rings is 1. The van der Waals surface area contributed by atoms with Crippen LogP contribution in [0.2, 0.25) is 0 Å². The maximum atomic E-state index is 11.7. The van der Waals surface area contributed by atoms with Crippen LogP contribution in [0.4, 0.5) is 11.4 Å². The van der Waals surface area contributed by atoms with Gasteiger partial charge in [-0.1, -0.05) is 12.5 Å². The monoisotopic (exact) mass is 218 g/mol. The van der Waals surface area contributed by atoms with Gasteiger partial charge in [-0.3, -0.25) is 4.79 Å². The Hall–Kier alpha value is -1.51. The molecule has 0 spiro atoms. The molecule has 0 aromatic heterocycles. The van der Waals surface area contributed by atoms with Gasteiger partial charge in [0, 0.05) is 17.8 Å². The highest BCUT2D eigenvalue weighted by Gasteiger charge is 2.20. The first-order valence-electron chi connectivity index (χ1n) is 5.82. The van der Waals surface area contributed by atoms with Gasteiger partial charge in [-0.2, -0.15) is 0 Å². The summed E-state index contributed by atoms with van der Waals surface area (Å²) >= 11 is 0. The van der Waals surface area contributed by atoms with E-state index in [0.29, 0.717) is 12.3 Å². The summed E-state index contributed by atoms with van der Waals surface area (Å²) in [5.41, 5.74) is 8.29. The van der Waals surface area contributed by atoms with Crippen molar-refractivity contribution in [1.82, 2.24) is 0 Å². The second-order valence-corrected chi connectivity index (χ2v) is 4.57. The molecule has 0 heterocycles. The molecule has 3 nitrogen and oxygen atoms in total. The average molecular weight is 218 g/mol. The number of nitrogens with two attached hydrogens (primary N) is 1. The number of anilines is 2. The summed E-state index contributed by atoms with van der Waals surface area (Å²) in [6.45, 7) is 1.92. The zero-order valence-electron chi connectivity index (χ0n) is 9.62. The molecule has 3 N–H and O–H groups in total. The zero-order chi connectivity index (χ0) is 11.5. The number of rotatable bonds is 3. The third kappa shape index (κ3) is 2.35. The molecule has 1 fully saturated rings. The molecule has 1 aliphatic carbocycles. The zero-order valence-corrected chi connectivity index (χ0v) is 9.62. The predicted molar refractivity (Wildman–Crippen MR) is 66.2 cm³/mol. The molecule has 2 rings (SSSR count). The molecule has 1 amide bonds. The summed E-state index contributed by atoms with van der Waals surface area (Å²) in [4.78, 5) is 11.7. The molecule has 86 valence electrons. The standard InChI is InChI=1S/C13H18N2O/c1-9-11(14)6-3-7-12(9)15-13(16)8-10-4-2-5-10/h3,6-7,10H,2,4-5,8,14H2,1H3,(H,15,16). The smallest absolute Gasteiger partial charge is 0.224 e. The summed E-state index contributed by atoms with van der Waals surface area (Å²) < 4.78 is 0. The van der Waals surface area contributed by atoms with Crippen LogP contribution in [0.1, 0.15) is 31.2 Å². The van der Waals surface area contributed by atoms with Crippen molar-refractivity contribution in [3.8, 4) is 0 Å². The Labute approximate surface area is 96.0 Å². The lowest BCUT2D eigenvalue weighted by atomic mass is 9.83. The largest absolute Gasteiger partial charge is 0.398 e. The Morgan fingerprint density at radius 2 is 2.25 bits per heavy atom. The molecule has 0 radical (unpaired) electrons. The van der Waals surface area contributed by atoms with E-state index >= 15 is 0 Å². The van der Waals surface area contributed by atoms with Gasteiger partial charge in [0.25, 0.3) is 0 Å². The number of nitrogens with one attached hydrogen (secondary N) is 1. The van der Waals surface area contributed by atoms with Crippen molar-refractivity contribution in [2.75, 3.05) is 11.1 Å². The molecule has 0 saturated heterocycles. The van der Waals surface area contributed by atoms with Crippen molar-refractivity contribution in [3.05, 3.63) is 23.8 Å². The van der Waals surface area contributed by atoms with Crippen molar-refractivity contribution in [1.29, 1.82) is 0 Å². The lowest BCUT2D eigenvalue weighted by Gasteiger charge is -2.24. The van der Waals surface area contributed by atoms with Crippen molar-refractivity contribution in [2.24, 2.45) is 5.92 Å². The van der Waals surface area contributed by atoms with Crippen LogP contribution in [0.25, 0.3) is 0 Å². The third-order valence-corrected chi connectivity index (χ3v) is 3.35. The molecule has 1 saturated carbocycles. The van der Waals surface area contributed by atoms with Crippen LogP contribution >= 0.6 is 0 Å². The number of hydrogen-bond acceptors (Lipinski definition) is 2. The van der Waals surface area contributed by atoms with E-state index in [1.165, 1.54) is 19.3 Å². The van der Waals surface area contributed by atoms with E-state index in [1.807, 2.05) is 25.1 Å². The molecule has 0 bridgehead atoms. The van der Waals surface area contributed by atoms with Gasteiger partial charge >= 0.3 is 0 Å². The van der Waals surface area contributed by atoms with E-state index in [0.717, 1.165) is 16.9 Å². The summed E-state index contributed by atoms with van der Waals surface area (Å²) in [6.07, 6.45) is 4.32. The summed E-state index contributed by atoms with van der Waals surface area (Å²) in [5, 5.41) is 2.93. The maximum absolute atomic E-state index is 11.7. The average Bonchev–Trinajstić information content (AvgIpc) is 2.19. The maximum Gasteiger partial charge on any atom is 0.224 e. The fourth-order valence-electron chi connectivity index (χ4n) is 1.95. The van der Waals surface area contributed by atoms with Gasteiger partial charge in [0.15, 0.2) is 0 Å². The minimum Gasteiger partial charge on any atom is -0.398 e. The first kappa shape index (κ1) is 11.0. The van der Waals surface area contributed by atoms with Gasteiger partial charge in [-0.05, 0) is 43.4 Å². The summed E-state index contributed by atoms with van der Waals surface area (Å²) in [7, 11) is 0. The second kappa shape index (κ2) is 4.56. The highest BCUT2D eigenvalue weighted by Crippen LogP contribution is 2.30. The number of carbonyl (C=O) groups is 1. The molecule has 0 unspecified atom stereocenters. The fraction of sp³-hybridized carbons (Fsp3) is 0.462. The van der Waals surface area contributed by atoms with Crippen LogP contribution in [0.5, 0.6) is 0 Å². The van der Waals surface area contributed by atoms with Gasteiger partial charge in [0.2, 0.25) is 5.91 Å². The number of nitrogen functional groups attached to an aromatic ring is 1. The Balaban J connectivity index is 1.97. The molecular formula is C13H18N2O. The minimum absolute atomic E-state index is 0.110. The van der Waals surface area contributed by atoms with Gasteiger partial charge in [-0.25, -0.2) is 0 Å². The third-order valence-electron chi connectivity index (χ3n) is 3.35. The van der Waals surface area contributed by atoms with Crippen molar-refractivity contribution in [2.45, 2.75) is 32.6 Å². The first-order valence-corrected chi connectivity index (χ1v) is 5.82. The van der Waals surface area contributed by atoms with Crippen LogP contribution in [0.3, 0.4) is 0 Å². The molecule has 1 aromatic carbocycles. The van der Waals surface area contributed by atoms with Crippen molar-refractivity contribution < 1.29 is 4.79 Å². The molecular weight excluding hydrogens is 200 g/mol. The Morgan fingerprint density at radius 3 is 2.88 bits per heavy atom.